The lowest BCUT2D eigenvalue weighted by atomic mass is 10.2. The molecule has 0 N–H and O–H groups in total. The molecule has 0 fully saturated rings. The number of methoxy groups -OCH3 is 1. The Bertz CT molecular complexity index is 1380. The molecule has 2 heterocycles. The van der Waals surface area contributed by atoms with E-state index in [1.54, 1.807) is 18.0 Å². The molecule has 30 heavy (non-hydrogen) atoms. The Morgan fingerprint density at radius 3 is 2.30 bits per heavy atom. The van der Waals surface area contributed by atoms with Crippen LogP contribution in [0.1, 0.15) is 11.1 Å². The predicted molar refractivity (Wildman–Crippen MR) is 119 cm³/mol. The van der Waals surface area contributed by atoms with Gasteiger partial charge in [0.1, 0.15) is 16.8 Å². The van der Waals surface area contributed by atoms with Gasteiger partial charge in [0.25, 0.3) is 5.56 Å². The van der Waals surface area contributed by atoms with Gasteiger partial charge >= 0.3 is 0 Å². The SMILES string of the molecule is COc1ccc(Cn2cnc3c4ccccc4n(Cc4ccccc4)c3c2=O)cc1. The van der Waals surface area contributed by atoms with Crippen LogP contribution in [0.2, 0.25) is 0 Å². The highest BCUT2D eigenvalue weighted by molar-refractivity contribution is 6.05. The molecule has 0 aliphatic rings. The average molecular weight is 395 g/mol. The van der Waals surface area contributed by atoms with Crippen LogP contribution >= 0.6 is 0 Å². The monoisotopic (exact) mass is 395 g/mol. The summed E-state index contributed by atoms with van der Waals surface area (Å²) in [6.07, 6.45) is 1.65. The van der Waals surface area contributed by atoms with Crippen LogP contribution in [0.3, 0.4) is 0 Å². The number of ether oxygens (including phenoxy) is 1. The molecule has 5 aromatic rings. The molecule has 0 spiro atoms. The summed E-state index contributed by atoms with van der Waals surface area (Å²) in [6, 6.07) is 26.0. The number of benzene rings is 3. The zero-order chi connectivity index (χ0) is 20.5. The van der Waals surface area contributed by atoms with Crippen molar-refractivity contribution >= 4 is 21.9 Å². The van der Waals surface area contributed by atoms with Gasteiger partial charge in [0.2, 0.25) is 0 Å². The highest BCUT2D eigenvalue weighted by atomic mass is 16.5. The molecule has 0 saturated heterocycles. The van der Waals surface area contributed by atoms with Crippen molar-refractivity contribution < 1.29 is 4.74 Å². The standard InChI is InChI=1S/C25H21N3O2/c1-30-20-13-11-19(12-14-20)15-27-17-26-23-21-9-5-6-10-22(21)28(24(23)25(27)29)16-18-7-3-2-4-8-18/h2-14,17H,15-16H2,1H3. The molecule has 0 aliphatic carbocycles. The maximum absolute atomic E-state index is 13.5. The van der Waals surface area contributed by atoms with Crippen LogP contribution in [0.5, 0.6) is 5.75 Å². The zero-order valence-corrected chi connectivity index (χ0v) is 16.7. The maximum Gasteiger partial charge on any atom is 0.278 e. The van der Waals surface area contributed by atoms with E-state index in [9.17, 15) is 4.79 Å². The number of fused-ring (bicyclic) bond motifs is 3. The molecule has 0 radical (unpaired) electrons. The summed E-state index contributed by atoms with van der Waals surface area (Å²) in [5.41, 5.74) is 4.52. The summed E-state index contributed by atoms with van der Waals surface area (Å²) in [4.78, 5) is 18.2. The van der Waals surface area contributed by atoms with Crippen molar-refractivity contribution in [3.8, 4) is 5.75 Å². The number of hydrogen-bond donors (Lipinski definition) is 0. The number of nitrogens with zero attached hydrogens (tertiary/aromatic N) is 3. The topological polar surface area (TPSA) is 49.0 Å². The lowest BCUT2D eigenvalue weighted by molar-refractivity contribution is 0.414. The van der Waals surface area contributed by atoms with E-state index in [2.05, 4.69) is 21.7 Å². The molecule has 5 rings (SSSR count). The van der Waals surface area contributed by atoms with Gasteiger partial charge in [-0.2, -0.15) is 0 Å². The van der Waals surface area contributed by atoms with E-state index >= 15 is 0 Å². The Labute approximate surface area is 173 Å². The first-order chi connectivity index (χ1) is 14.7. The van der Waals surface area contributed by atoms with E-state index < -0.39 is 0 Å². The molecule has 5 heteroatoms. The molecule has 0 bridgehead atoms. The number of rotatable bonds is 5. The first-order valence-corrected chi connectivity index (χ1v) is 9.88. The largest absolute Gasteiger partial charge is 0.497 e. The molecule has 0 amide bonds. The molecule has 3 aromatic carbocycles. The second-order valence-electron chi connectivity index (χ2n) is 7.31. The first-order valence-electron chi connectivity index (χ1n) is 9.88. The average Bonchev–Trinajstić information content (AvgIpc) is 3.11. The molecular weight excluding hydrogens is 374 g/mol. The van der Waals surface area contributed by atoms with Crippen molar-refractivity contribution in [2.75, 3.05) is 7.11 Å². The molecular formula is C25H21N3O2. The Morgan fingerprint density at radius 1 is 0.833 bits per heavy atom. The fourth-order valence-corrected chi connectivity index (χ4v) is 3.92. The molecule has 0 aliphatic heterocycles. The summed E-state index contributed by atoms with van der Waals surface area (Å²) in [7, 11) is 1.64. The van der Waals surface area contributed by atoms with Gasteiger partial charge in [0.05, 0.1) is 25.5 Å². The lowest BCUT2D eigenvalue weighted by Crippen LogP contribution is -2.23. The van der Waals surface area contributed by atoms with Gasteiger partial charge in [-0.1, -0.05) is 60.7 Å². The normalized spacial score (nSPS) is 11.2. The van der Waals surface area contributed by atoms with Gasteiger partial charge in [-0.3, -0.25) is 9.36 Å². The van der Waals surface area contributed by atoms with Crippen molar-refractivity contribution in [2.24, 2.45) is 0 Å². The van der Waals surface area contributed by atoms with E-state index in [-0.39, 0.29) is 5.56 Å². The van der Waals surface area contributed by atoms with E-state index in [1.165, 1.54) is 0 Å². The van der Waals surface area contributed by atoms with E-state index in [0.717, 1.165) is 33.3 Å². The molecule has 5 nitrogen and oxygen atoms in total. The second-order valence-corrected chi connectivity index (χ2v) is 7.31. The summed E-state index contributed by atoms with van der Waals surface area (Å²) in [6.45, 7) is 1.08. The van der Waals surface area contributed by atoms with Crippen molar-refractivity contribution in [1.82, 2.24) is 14.1 Å². The van der Waals surface area contributed by atoms with Gasteiger partial charge < -0.3 is 9.30 Å². The van der Waals surface area contributed by atoms with Gasteiger partial charge in [-0.15, -0.1) is 0 Å². The summed E-state index contributed by atoms with van der Waals surface area (Å²) in [5.74, 6) is 0.794. The van der Waals surface area contributed by atoms with Gasteiger partial charge in [-0.05, 0) is 29.3 Å². The summed E-state index contributed by atoms with van der Waals surface area (Å²) in [5, 5.41) is 0.997. The van der Waals surface area contributed by atoms with Crippen LogP contribution in [-0.2, 0) is 13.1 Å². The van der Waals surface area contributed by atoms with Crippen LogP contribution in [0.15, 0.2) is 90.0 Å². The quantitative estimate of drug-likeness (QED) is 0.442. The predicted octanol–water partition coefficient (Wildman–Crippen LogP) is 4.46. The summed E-state index contributed by atoms with van der Waals surface area (Å²) >= 11 is 0. The fourth-order valence-electron chi connectivity index (χ4n) is 3.92. The van der Waals surface area contributed by atoms with Gasteiger partial charge in [0, 0.05) is 11.9 Å². The molecule has 0 unspecified atom stereocenters. The molecule has 0 saturated carbocycles. The zero-order valence-electron chi connectivity index (χ0n) is 16.7. The van der Waals surface area contributed by atoms with Crippen molar-refractivity contribution in [2.45, 2.75) is 13.1 Å². The van der Waals surface area contributed by atoms with Crippen LogP contribution in [-0.4, -0.2) is 21.2 Å². The third-order valence-corrected chi connectivity index (χ3v) is 5.43. The fraction of sp³-hybridized carbons (Fsp3) is 0.120. The van der Waals surface area contributed by atoms with Crippen LogP contribution < -0.4 is 10.3 Å². The first kappa shape index (κ1) is 18.2. The second kappa shape index (κ2) is 7.52. The third-order valence-electron chi connectivity index (χ3n) is 5.43. The minimum atomic E-state index is -0.0389. The van der Waals surface area contributed by atoms with Crippen molar-refractivity contribution in [1.29, 1.82) is 0 Å². The number of hydrogen-bond acceptors (Lipinski definition) is 3. The Hall–Kier alpha value is -3.86. The smallest absolute Gasteiger partial charge is 0.278 e. The van der Waals surface area contributed by atoms with Crippen LogP contribution in [0.4, 0.5) is 0 Å². The molecule has 0 atom stereocenters. The van der Waals surface area contributed by atoms with Gasteiger partial charge in [0.15, 0.2) is 0 Å². The highest BCUT2D eigenvalue weighted by Gasteiger charge is 2.16. The third kappa shape index (κ3) is 3.14. The molecule has 148 valence electrons. The maximum atomic E-state index is 13.5. The Morgan fingerprint density at radius 2 is 1.53 bits per heavy atom. The summed E-state index contributed by atoms with van der Waals surface area (Å²) < 4.78 is 8.98. The lowest BCUT2D eigenvalue weighted by Gasteiger charge is -2.10. The highest BCUT2D eigenvalue weighted by Crippen LogP contribution is 2.26. The van der Waals surface area contributed by atoms with E-state index in [1.807, 2.05) is 66.7 Å². The van der Waals surface area contributed by atoms with Crippen molar-refractivity contribution in [3.05, 3.63) is 107 Å². The minimum absolute atomic E-state index is 0.0389. The van der Waals surface area contributed by atoms with Gasteiger partial charge in [-0.25, -0.2) is 4.98 Å². The number of para-hydroxylation sites is 1. The minimum Gasteiger partial charge on any atom is -0.497 e. The van der Waals surface area contributed by atoms with Crippen molar-refractivity contribution in [3.63, 3.8) is 0 Å². The molecule has 2 aromatic heterocycles. The Kier molecular flexibility index (Phi) is 4.56. The number of aromatic nitrogens is 3. The Balaban J connectivity index is 1.66. The van der Waals surface area contributed by atoms with Crippen LogP contribution in [0.25, 0.3) is 21.9 Å². The van der Waals surface area contributed by atoms with E-state index in [0.29, 0.717) is 18.6 Å². The van der Waals surface area contributed by atoms with Crippen LogP contribution in [0, 0.1) is 0 Å². The van der Waals surface area contributed by atoms with E-state index in [4.69, 9.17) is 4.74 Å².